The third-order valence-electron chi connectivity index (χ3n) is 5.09. The van der Waals surface area contributed by atoms with E-state index in [1.54, 1.807) is 11.8 Å². The van der Waals surface area contributed by atoms with E-state index in [4.69, 9.17) is 0 Å². The van der Waals surface area contributed by atoms with Crippen molar-refractivity contribution in [1.29, 1.82) is 0 Å². The first-order chi connectivity index (χ1) is 12.0. The van der Waals surface area contributed by atoms with Crippen LogP contribution >= 0.6 is 0 Å². The zero-order chi connectivity index (χ0) is 17.8. The van der Waals surface area contributed by atoms with E-state index >= 15 is 0 Å². The Morgan fingerprint density at radius 1 is 1.24 bits per heavy atom. The molecule has 3 rings (SSSR count). The van der Waals surface area contributed by atoms with Crippen LogP contribution in [0.3, 0.4) is 0 Å². The summed E-state index contributed by atoms with van der Waals surface area (Å²) < 4.78 is 0. The molecule has 1 aromatic carbocycles. The van der Waals surface area contributed by atoms with E-state index in [9.17, 15) is 14.4 Å². The van der Waals surface area contributed by atoms with E-state index in [0.29, 0.717) is 26.1 Å². The largest absolute Gasteiger partial charge is 0.356 e. The van der Waals surface area contributed by atoms with Crippen molar-refractivity contribution in [2.24, 2.45) is 5.92 Å². The summed E-state index contributed by atoms with van der Waals surface area (Å²) in [4.78, 5) is 36.8. The third-order valence-corrected chi connectivity index (χ3v) is 5.09. The van der Waals surface area contributed by atoms with Gasteiger partial charge in [0.1, 0.15) is 0 Å². The molecule has 2 aliphatic heterocycles. The Labute approximate surface area is 148 Å². The predicted octanol–water partition coefficient (Wildman–Crippen LogP) is 1.49. The molecule has 0 bridgehead atoms. The number of carbonyl (C=O) groups is 3. The summed E-state index contributed by atoms with van der Waals surface area (Å²) in [5.41, 5.74) is 3.24. The highest BCUT2D eigenvalue weighted by Gasteiger charge is 2.25. The minimum atomic E-state index is 0.00865. The van der Waals surface area contributed by atoms with Gasteiger partial charge in [0, 0.05) is 44.6 Å². The van der Waals surface area contributed by atoms with Crippen molar-refractivity contribution in [3.63, 3.8) is 0 Å². The number of benzene rings is 1. The van der Waals surface area contributed by atoms with Crippen LogP contribution in [0, 0.1) is 5.92 Å². The summed E-state index contributed by atoms with van der Waals surface area (Å²) in [6.07, 6.45) is 3.56. The van der Waals surface area contributed by atoms with Gasteiger partial charge in [0.2, 0.25) is 17.7 Å². The summed E-state index contributed by atoms with van der Waals surface area (Å²) >= 11 is 0. The molecule has 0 aromatic heterocycles. The molecule has 2 aliphatic rings. The van der Waals surface area contributed by atoms with Gasteiger partial charge in [-0.15, -0.1) is 0 Å². The summed E-state index contributed by atoms with van der Waals surface area (Å²) in [6, 6.07) is 6.06. The van der Waals surface area contributed by atoms with Crippen LogP contribution in [0.4, 0.5) is 5.69 Å². The Balaban J connectivity index is 1.44. The first-order valence-corrected chi connectivity index (χ1v) is 8.98. The van der Waals surface area contributed by atoms with Crippen LogP contribution in [0.5, 0.6) is 0 Å². The number of aryl methyl sites for hydroxylation is 1. The van der Waals surface area contributed by atoms with Crippen LogP contribution in [-0.2, 0) is 27.2 Å². The molecule has 1 fully saturated rings. The smallest absolute Gasteiger partial charge is 0.224 e. The molecule has 1 aromatic rings. The van der Waals surface area contributed by atoms with E-state index < -0.39 is 0 Å². The number of fused-ring (bicyclic) bond motifs is 1. The van der Waals surface area contributed by atoms with Gasteiger partial charge in [0.05, 0.1) is 0 Å². The van der Waals surface area contributed by atoms with Crippen molar-refractivity contribution in [2.75, 3.05) is 25.0 Å². The van der Waals surface area contributed by atoms with Crippen LogP contribution in [0.1, 0.15) is 37.3 Å². The molecule has 134 valence electrons. The van der Waals surface area contributed by atoms with Crippen molar-refractivity contribution in [3.8, 4) is 0 Å². The minimum absolute atomic E-state index is 0.00865. The first-order valence-electron chi connectivity index (χ1n) is 8.98. The number of hydrogen-bond donors (Lipinski definition) is 2. The zero-order valence-corrected chi connectivity index (χ0v) is 14.6. The topological polar surface area (TPSA) is 78.5 Å². The summed E-state index contributed by atoms with van der Waals surface area (Å²) in [6.45, 7) is 3.52. The quantitative estimate of drug-likeness (QED) is 0.869. The fourth-order valence-corrected chi connectivity index (χ4v) is 3.52. The molecule has 0 spiro atoms. The Morgan fingerprint density at radius 2 is 2.00 bits per heavy atom. The fourth-order valence-electron chi connectivity index (χ4n) is 3.52. The summed E-state index contributed by atoms with van der Waals surface area (Å²) in [5, 5.41) is 5.90. The molecule has 25 heavy (non-hydrogen) atoms. The molecule has 0 radical (unpaired) electrons. The average Bonchev–Trinajstić information content (AvgIpc) is 2.61. The number of carbonyl (C=O) groups excluding carboxylic acids is 3. The maximum atomic E-state index is 12.3. The molecule has 6 nitrogen and oxygen atoms in total. The highest BCUT2D eigenvalue weighted by Crippen LogP contribution is 2.23. The van der Waals surface area contributed by atoms with Gasteiger partial charge in [0.15, 0.2) is 0 Å². The van der Waals surface area contributed by atoms with E-state index in [2.05, 4.69) is 16.7 Å². The van der Waals surface area contributed by atoms with Gasteiger partial charge in [-0.1, -0.05) is 12.1 Å². The van der Waals surface area contributed by atoms with Crippen molar-refractivity contribution in [2.45, 2.75) is 39.0 Å². The number of nitrogens with one attached hydrogen (secondary N) is 2. The summed E-state index contributed by atoms with van der Waals surface area (Å²) in [5.74, 6) is 0.258. The number of piperidine rings is 1. The molecule has 0 unspecified atom stereocenters. The second kappa shape index (κ2) is 7.68. The van der Waals surface area contributed by atoms with E-state index in [0.717, 1.165) is 31.4 Å². The number of hydrogen-bond acceptors (Lipinski definition) is 3. The molecule has 6 heteroatoms. The molecule has 2 heterocycles. The lowest BCUT2D eigenvalue weighted by atomic mass is 9.95. The van der Waals surface area contributed by atoms with Crippen molar-refractivity contribution in [3.05, 3.63) is 29.3 Å². The number of rotatable bonds is 4. The van der Waals surface area contributed by atoms with Crippen molar-refractivity contribution < 1.29 is 14.4 Å². The monoisotopic (exact) mass is 343 g/mol. The second-order valence-electron chi connectivity index (χ2n) is 6.86. The normalized spacial score (nSPS) is 17.6. The van der Waals surface area contributed by atoms with Crippen LogP contribution in [-0.4, -0.2) is 42.3 Å². The number of anilines is 1. The Bertz CT molecular complexity index is 678. The predicted molar refractivity (Wildman–Crippen MR) is 95.1 cm³/mol. The van der Waals surface area contributed by atoms with Crippen molar-refractivity contribution >= 4 is 23.4 Å². The first kappa shape index (κ1) is 17.5. The summed E-state index contributed by atoms with van der Waals surface area (Å²) in [7, 11) is 0. The van der Waals surface area contributed by atoms with Gasteiger partial charge in [-0.25, -0.2) is 0 Å². The number of likely N-dealkylation sites (tertiary alicyclic amines) is 1. The molecule has 3 amide bonds. The Hall–Kier alpha value is -2.37. The number of amides is 3. The molecule has 1 saturated heterocycles. The van der Waals surface area contributed by atoms with E-state index in [1.807, 2.05) is 12.1 Å². The minimum Gasteiger partial charge on any atom is -0.356 e. The molecule has 0 atom stereocenters. The van der Waals surface area contributed by atoms with E-state index in [-0.39, 0.29) is 23.6 Å². The van der Waals surface area contributed by atoms with Gasteiger partial charge in [-0.2, -0.15) is 0 Å². The molecule has 0 aliphatic carbocycles. The highest BCUT2D eigenvalue weighted by molar-refractivity contribution is 5.93. The molecule has 0 saturated carbocycles. The maximum Gasteiger partial charge on any atom is 0.224 e. The highest BCUT2D eigenvalue weighted by atomic mass is 16.2. The SMILES string of the molecule is CC(=O)N1CCC(C(=O)NCCc2ccc3c(c2)CCC(=O)N3)CC1. The fraction of sp³-hybridized carbons (Fsp3) is 0.526. The molecular formula is C19H25N3O3. The van der Waals surface area contributed by atoms with Gasteiger partial charge in [-0.05, 0) is 42.9 Å². The lowest BCUT2D eigenvalue weighted by molar-refractivity contribution is -0.133. The number of nitrogens with zero attached hydrogens (tertiary/aromatic N) is 1. The molecular weight excluding hydrogens is 318 g/mol. The van der Waals surface area contributed by atoms with Gasteiger partial charge >= 0.3 is 0 Å². The lowest BCUT2D eigenvalue weighted by Crippen LogP contribution is -2.42. The Kier molecular flexibility index (Phi) is 5.36. The van der Waals surface area contributed by atoms with Gasteiger partial charge < -0.3 is 15.5 Å². The third kappa shape index (κ3) is 4.38. The van der Waals surface area contributed by atoms with Gasteiger partial charge in [-0.3, -0.25) is 14.4 Å². The second-order valence-corrected chi connectivity index (χ2v) is 6.86. The zero-order valence-electron chi connectivity index (χ0n) is 14.6. The van der Waals surface area contributed by atoms with Crippen LogP contribution in [0.15, 0.2) is 18.2 Å². The van der Waals surface area contributed by atoms with Crippen molar-refractivity contribution in [1.82, 2.24) is 10.2 Å². The maximum absolute atomic E-state index is 12.3. The van der Waals surface area contributed by atoms with Crippen LogP contribution < -0.4 is 10.6 Å². The van der Waals surface area contributed by atoms with E-state index in [1.165, 1.54) is 11.1 Å². The van der Waals surface area contributed by atoms with Crippen LogP contribution in [0.2, 0.25) is 0 Å². The van der Waals surface area contributed by atoms with Crippen LogP contribution in [0.25, 0.3) is 0 Å². The average molecular weight is 343 g/mol. The lowest BCUT2D eigenvalue weighted by Gasteiger charge is -2.30. The van der Waals surface area contributed by atoms with Gasteiger partial charge in [0.25, 0.3) is 0 Å². The Morgan fingerprint density at radius 3 is 2.72 bits per heavy atom. The molecule has 2 N–H and O–H groups in total. The standard InChI is InChI=1S/C19H25N3O3/c1-13(23)22-10-7-15(8-11-22)19(25)20-9-6-14-2-4-17-16(12-14)3-5-18(24)21-17/h2,4,12,15H,3,5-11H2,1H3,(H,20,25)(H,21,24).